The molecule has 3 aromatic rings. The number of carbonyl (C=O) groups excluding carboxylic acids is 1. The monoisotopic (exact) mass is 327 g/mol. The maximum atomic E-state index is 12.5. The molecule has 25 heavy (non-hydrogen) atoms. The molecule has 0 saturated carbocycles. The molecule has 0 aromatic heterocycles. The van der Waals surface area contributed by atoms with Crippen LogP contribution in [0.25, 0.3) is 0 Å². The van der Waals surface area contributed by atoms with Gasteiger partial charge in [-0.25, -0.2) is 0 Å². The smallest absolute Gasteiger partial charge is 0.187 e. The van der Waals surface area contributed by atoms with Gasteiger partial charge in [-0.1, -0.05) is 78.9 Å². The van der Waals surface area contributed by atoms with E-state index in [2.05, 4.69) is 17.4 Å². The fraction of sp³-hybridized carbons (Fsp3) is 0.0870. The second-order valence-electron chi connectivity index (χ2n) is 5.88. The van der Waals surface area contributed by atoms with E-state index < -0.39 is 0 Å². The first-order valence-electron chi connectivity index (χ1n) is 8.47. The van der Waals surface area contributed by atoms with E-state index in [1.54, 1.807) is 6.08 Å². The Hall–Kier alpha value is -3.13. The highest BCUT2D eigenvalue weighted by Crippen LogP contribution is 2.15. The zero-order valence-corrected chi connectivity index (χ0v) is 14.1. The van der Waals surface area contributed by atoms with Gasteiger partial charge in [0.25, 0.3) is 0 Å². The second kappa shape index (κ2) is 8.65. The molecule has 2 nitrogen and oxygen atoms in total. The highest BCUT2D eigenvalue weighted by atomic mass is 16.1. The number of hydrogen-bond acceptors (Lipinski definition) is 2. The Morgan fingerprint density at radius 1 is 0.760 bits per heavy atom. The highest BCUT2D eigenvalue weighted by Gasteiger charge is 2.06. The van der Waals surface area contributed by atoms with Crippen LogP contribution in [0.15, 0.2) is 103 Å². The SMILES string of the molecule is O=C(/C=C(/CCc1ccccc1)Nc1ccccc1)c1ccccc1. The van der Waals surface area contributed by atoms with Crippen molar-refractivity contribution in [3.63, 3.8) is 0 Å². The number of carbonyl (C=O) groups is 1. The van der Waals surface area contributed by atoms with Gasteiger partial charge in [-0.15, -0.1) is 0 Å². The number of hydrogen-bond donors (Lipinski definition) is 1. The molecule has 0 amide bonds. The fourth-order valence-corrected chi connectivity index (χ4v) is 2.65. The van der Waals surface area contributed by atoms with E-state index >= 15 is 0 Å². The Bertz CT molecular complexity index is 824. The molecule has 0 bridgehead atoms. The van der Waals surface area contributed by atoms with Crippen LogP contribution in [-0.2, 0) is 6.42 Å². The molecule has 0 spiro atoms. The third-order valence-electron chi connectivity index (χ3n) is 3.97. The van der Waals surface area contributed by atoms with Crippen molar-refractivity contribution in [3.8, 4) is 0 Å². The molecule has 0 aliphatic heterocycles. The molecule has 0 aliphatic carbocycles. The lowest BCUT2D eigenvalue weighted by Crippen LogP contribution is -2.05. The summed E-state index contributed by atoms with van der Waals surface area (Å²) in [5.74, 6) is 0.0205. The molecule has 0 saturated heterocycles. The van der Waals surface area contributed by atoms with Crippen LogP contribution in [-0.4, -0.2) is 5.78 Å². The van der Waals surface area contributed by atoms with Crippen molar-refractivity contribution in [2.75, 3.05) is 5.32 Å². The van der Waals surface area contributed by atoms with Gasteiger partial charge in [-0.05, 0) is 30.5 Å². The van der Waals surface area contributed by atoms with Crippen molar-refractivity contribution >= 4 is 11.5 Å². The van der Waals surface area contributed by atoms with Gasteiger partial charge in [0.1, 0.15) is 0 Å². The van der Waals surface area contributed by atoms with Gasteiger partial charge >= 0.3 is 0 Å². The van der Waals surface area contributed by atoms with Crippen molar-refractivity contribution in [3.05, 3.63) is 114 Å². The summed E-state index contributed by atoms with van der Waals surface area (Å²) in [5, 5.41) is 3.39. The lowest BCUT2D eigenvalue weighted by Gasteiger charge is -2.11. The van der Waals surface area contributed by atoms with Gasteiger partial charge in [0.15, 0.2) is 5.78 Å². The molecule has 0 unspecified atom stereocenters. The topological polar surface area (TPSA) is 29.1 Å². The molecule has 2 heteroatoms. The summed E-state index contributed by atoms with van der Waals surface area (Å²) in [6.45, 7) is 0. The number of benzene rings is 3. The van der Waals surface area contributed by atoms with Crippen molar-refractivity contribution < 1.29 is 4.79 Å². The van der Waals surface area contributed by atoms with Gasteiger partial charge in [0.2, 0.25) is 0 Å². The zero-order chi connectivity index (χ0) is 17.3. The normalized spacial score (nSPS) is 11.1. The Balaban J connectivity index is 1.78. The maximum Gasteiger partial charge on any atom is 0.187 e. The number of anilines is 1. The molecule has 3 rings (SSSR count). The quantitative estimate of drug-likeness (QED) is 0.459. The van der Waals surface area contributed by atoms with E-state index in [0.717, 1.165) is 24.2 Å². The zero-order valence-electron chi connectivity index (χ0n) is 14.1. The van der Waals surface area contributed by atoms with Gasteiger partial charge in [0.05, 0.1) is 0 Å². The first-order chi connectivity index (χ1) is 12.3. The van der Waals surface area contributed by atoms with Crippen molar-refractivity contribution in [2.24, 2.45) is 0 Å². The minimum atomic E-state index is 0.0205. The number of aryl methyl sites for hydroxylation is 1. The molecule has 124 valence electrons. The standard InChI is InChI=1S/C23H21NO/c25-23(20-12-6-2-7-13-20)18-22(24-21-14-8-3-9-15-21)17-16-19-10-4-1-5-11-19/h1-15,18,24H,16-17H2/b22-18-. The van der Waals surface area contributed by atoms with Gasteiger partial charge in [-0.3, -0.25) is 4.79 Å². The van der Waals surface area contributed by atoms with Gasteiger partial charge in [0, 0.05) is 23.0 Å². The number of allylic oxidation sites excluding steroid dienone is 2. The Kier molecular flexibility index (Phi) is 5.78. The van der Waals surface area contributed by atoms with Crippen molar-refractivity contribution in [1.29, 1.82) is 0 Å². The molecule has 0 aliphatic rings. The van der Waals surface area contributed by atoms with E-state index in [0.29, 0.717) is 5.56 Å². The molecular weight excluding hydrogens is 306 g/mol. The summed E-state index contributed by atoms with van der Waals surface area (Å²) >= 11 is 0. The van der Waals surface area contributed by atoms with Gasteiger partial charge in [-0.2, -0.15) is 0 Å². The summed E-state index contributed by atoms with van der Waals surface area (Å²) < 4.78 is 0. The van der Waals surface area contributed by atoms with Crippen LogP contribution in [0.5, 0.6) is 0 Å². The maximum absolute atomic E-state index is 12.5. The molecule has 0 fully saturated rings. The largest absolute Gasteiger partial charge is 0.359 e. The highest BCUT2D eigenvalue weighted by molar-refractivity contribution is 6.05. The molecule has 0 atom stereocenters. The van der Waals surface area contributed by atoms with Crippen molar-refractivity contribution in [2.45, 2.75) is 12.8 Å². The summed E-state index contributed by atoms with van der Waals surface area (Å²) in [5.41, 5.74) is 3.87. The van der Waals surface area contributed by atoms with Crippen LogP contribution < -0.4 is 5.32 Å². The minimum absolute atomic E-state index is 0.0205. The van der Waals surface area contributed by atoms with E-state index in [4.69, 9.17) is 0 Å². The minimum Gasteiger partial charge on any atom is -0.359 e. The Morgan fingerprint density at radius 2 is 1.32 bits per heavy atom. The average Bonchev–Trinajstić information content (AvgIpc) is 2.68. The second-order valence-corrected chi connectivity index (χ2v) is 5.88. The fourth-order valence-electron chi connectivity index (χ4n) is 2.65. The first-order valence-corrected chi connectivity index (χ1v) is 8.47. The molecule has 0 radical (unpaired) electrons. The molecule has 3 aromatic carbocycles. The molecular formula is C23H21NO. The Morgan fingerprint density at radius 3 is 1.96 bits per heavy atom. The van der Waals surface area contributed by atoms with E-state index in [-0.39, 0.29) is 5.78 Å². The summed E-state index contributed by atoms with van der Waals surface area (Å²) in [6.07, 6.45) is 3.37. The summed E-state index contributed by atoms with van der Waals surface area (Å²) in [7, 11) is 0. The van der Waals surface area contributed by atoms with Crippen LogP contribution in [0.3, 0.4) is 0 Å². The third kappa shape index (κ3) is 5.18. The number of para-hydroxylation sites is 1. The molecule has 1 N–H and O–H groups in total. The van der Waals surface area contributed by atoms with Crippen LogP contribution in [0.1, 0.15) is 22.3 Å². The lowest BCUT2D eigenvalue weighted by atomic mass is 10.1. The van der Waals surface area contributed by atoms with Crippen LogP contribution in [0.2, 0.25) is 0 Å². The Labute approximate surface area is 148 Å². The van der Waals surface area contributed by atoms with Crippen molar-refractivity contribution in [1.82, 2.24) is 0 Å². The summed E-state index contributed by atoms with van der Waals surface area (Å²) in [4.78, 5) is 12.5. The number of rotatable bonds is 7. The average molecular weight is 327 g/mol. The van der Waals surface area contributed by atoms with Crippen LogP contribution >= 0.6 is 0 Å². The van der Waals surface area contributed by atoms with E-state index in [1.165, 1.54) is 5.56 Å². The predicted octanol–water partition coefficient (Wildman–Crippen LogP) is 5.50. The van der Waals surface area contributed by atoms with Crippen LogP contribution in [0, 0.1) is 0 Å². The third-order valence-corrected chi connectivity index (χ3v) is 3.97. The first kappa shape index (κ1) is 16.7. The van der Waals surface area contributed by atoms with E-state index in [1.807, 2.05) is 78.9 Å². The molecule has 0 heterocycles. The lowest BCUT2D eigenvalue weighted by molar-refractivity contribution is 0.104. The number of ketones is 1. The van der Waals surface area contributed by atoms with E-state index in [9.17, 15) is 4.79 Å². The summed E-state index contributed by atoms with van der Waals surface area (Å²) in [6, 6.07) is 29.6. The number of nitrogens with one attached hydrogen (secondary N) is 1. The van der Waals surface area contributed by atoms with Gasteiger partial charge < -0.3 is 5.32 Å². The van der Waals surface area contributed by atoms with Crippen LogP contribution in [0.4, 0.5) is 5.69 Å². The predicted molar refractivity (Wildman–Crippen MR) is 104 cm³/mol.